The van der Waals surface area contributed by atoms with Crippen LogP contribution in [0.3, 0.4) is 0 Å². The van der Waals surface area contributed by atoms with Crippen LogP contribution in [0.4, 0.5) is 4.39 Å². The molecule has 0 aliphatic carbocycles. The SMILES string of the molecule is Br.N#Cc1ccc2c(c1)COC2(CCCN)c1ccc(F)cc1. The van der Waals surface area contributed by atoms with Gasteiger partial charge in [0.1, 0.15) is 11.4 Å². The molecule has 1 heterocycles. The van der Waals surface area contributed by atoms with Gasteiger partial charge in [-0.2, -0.15) is 5.26 Å². The quantitative estimate of drug-likeness (QED) is 0.882. The van der Waals surface area contributed by atoms with Crippen molar-refractivity contribution in [3.8, 4) is 6.07 Å². The molecule has 1 atom stereocenters. The van der Waals surface area contributed by atoms with Crippen molar-refractivity contribution in [1.29, 1.82) is 5.26 Å². The van der Waals surface area contributed by atoms with Gasteiger partial charge in [-0.05, 0) is 60.3 Å². The summed E-state index contributed by atoms with van der Waals surface area (Å²) in [5.41, 5.74) is 8.68. The van der Waals surface area contributed by atoms with Crippen molar-refractivity contribution < 1.29 is 9.13 Å². The number of nitrogens with two attached hydrogens (primary N) is 1. The van der Waals surface area contributed by atoms with Crippen LogP contribution in [0.1, 0.15) is 35.1 Å². The Bertz CT molecular complexity index is 727. The minimum absolute atomic E-state index is 0. The predicted molar refractivity (Wildman–Crippen MR) is 91.7 cm³/mol. The van der Waals surface area contributed by atoms with E-state index in [1.165, 1.54) is 12.1 Å². The lowest BCUT2D eigenvalue weighted by molar-refractivity contribution is -0.0126. The molecule has 2 aromatic rings. The second kappa shape index (κ2) is 7.22. The van der Waals surface area contributed by atoms with Crippen LogP contribution in [0.5, 0.6) is 0 Å². The fourth-order valence-electron chi connectivity index (χ4n) is 3.12. The molecular formula is C18H18BrFN2O. The maximum absolute atomic E-state index is 13.2. The molecule has 0 amide bonds. The van der Waals surface area contributed by atoms with Crippen LogP contribution in [0.25, 0.3) is 0 Å². The molecule has 2 N–H and O–H groups in total. The lowest BCUT2D eigenvalue weighted by atomic mass is 9.81. The molecule has 0 aromatic heterocycles. The molecule has 0 fully saturated rings. The van der Waals surface area contributed by atoms with Gasteiger partial charge in [0.15, 0.2) is 0 Å². The van der Waals surface area contributed by atoms with Crippen LogP contribution in [-0.4, -0.2) is 6.54 Å². The molecule has 1 unspecified atom stereocenters. The average Bonchev–Trinajstić information content (AvgIpc) is 2.92. The maximum Gasteiger partial charge on any atom is 0.123 e. The van der Waals surface area contributed by atoms with E-state index in [1.807, 2.05) is 12.1 Å². The van der Waals surface area contributed by atoms with Crippen molar-refractivity contribution in [2.24, 2.45) is 5.73 Å². The highest BCUT2D eigenvalue weighted by molar-refractivity contribution is 8.93. The smallest absolute Gasteiger partial charge is 0.123 e. The Kier molecular flexibility index (Phi) is 5.53. The average molecular weight is 377 g/mol. The predicted octanol–water partition coefficient (Wildman–Crippen LogP) is 3.79. The zero-order valence-electron chi connectivity index (χ0n) is 12.6. The number of rotatable bonds is 4. The molecule has 120 valence electrons. The first-order valence-electron chi connectivity index (χ1n) is 7.33. The number of fused-ring (bicyclic) bond motifs is 1. The lowest BCUT2D eigenvalue weighted by Gasteiger charge is -2.30. The van der Waals surface area contributed by atoms with Gasteiger partial charge in [0.25, 0.3) is 0 Å². The van der Waals surface area contributed by atoms with E-state index in [9.17, 15) is 4.39 Å². The van der Waals surface area contributed by atoms with Gasteiger partial charge in [-0.1, -0.05) is 18.2 Å². The summed E-state index contributed by atoms with van der Waals surface area (Å²) in [5, 5.41) is 9.04. The largest absolute Gasteiger partial charge is 0.361 e. The van der Waals surface area contributed by atoms with E-state index in [4.69, 9.17) is 15.7 Å². The van der Waals surface area contributed by atoms with Crippen molar-refractivity contribution in [2.75, 3.05) is 6.54 Å². The van der Waals surface area contributed by atoms with Crippen molar-refractivity contribution in [3.05, 3.63) is 70.5 Å². The molecular weight excluding hydrogens is 359 g/mol. The summed E-state index contributed by atoms with van der Waals surface area (Å²) in [6.07, 6.45) is 1.53. The number of hydrogen-bond donors (Lipinski definition) is 1. The number of nitriles is 1. The third-order valence-corrected chi connectivity index (χ3v) is 4.19. The van der Waals surface area contributed by atoms with Crippen LogP contribution in [0.15, 0.2) is 42.5 Å². The van der Waals surface area contributed by atoms with Crippen LogP contribution in [0, 0.1) is 17.1 Å². The molecule has 3 rings (SSSR count). The monoisotopic (exact) mass is 376 g/mol. The van der Waals surface area contributed by atoms with Gasteiger partial charge in [0, 0.05) is 0 Å². The van der Waals surface area contributed by atoms with Crippen molar-refractivity contribution in [3.63, 3.8) is 0 Å². The second-order valence-corrected chi connectivity index (χ2v) is 5.50. The zero-order chi connectivity index (χ0) is 15.6. The normalized spacial score (nSPS) is 18.8. The van der Waals surface area contributed by atoms with Crippen molar-refractivity contribution >= 4 is 17.0 Å². The van der Waals surface area contributed by atoms with Gasteiger partial charge < -0.3 is 10.5 Å². The molecule has 0 saturated carbocycles. The van der Waals surface area contributed by atoms with Crippen LogP contribution < -0.4 is 5.73 Å². The number of halogens is 2. The minimum Gasteiger partial charge on any atom is -0.361 e. The Labute approximate surface area is 145 Å². The minimum atomic E-state index is -0.601. The van der Waals surface area contributed by atoms with Crippen LogP contribution in [0.2, 0.25) is 0 Å². The summed E-state index contributed by atoms with van der Waals surface area (Å²) in [4.78, 5) is 0. The third kappa shape index (κ3) is 3.16. The van der Waals surface area contributed by atoms with Gasteiger partial charge in [-0.25, -0.2) is 4.39 Å². The molecule has 5 heteroatoms. The Morgan fingerprint density at radius 1 is 1.22 bits per heavy atom. The van der Waals surface area contributed by atoms with Crippen molar-refractivity contribution in [2.45, 2.75) is 25.0 Å². The maximum atomic E-state index is 13.2. The molecule has 0 bridgehead atoms. The van der Waals surface area contributed by atoms with E-state index in [0.717, 1.165) is 29.5 Å². The first-order valence-corrected chi connectivity index (χ1v) is 7.33. The summed E-state index contributed by atoms with van der Waals surface area (Å²) in [5.74, 6) is -0.268. The molecule has 0 spiro atoms. The first kappa shape index (κ1) is 17.6. The molecule has 3 nitrogen and oxygen atoms in total. The zero-order valence-corrected chi connectivity index (χ0v) is 14.3. The Hall–Kier alpha value is -1.74. The lowest BCUT2D eigenvalue weighted by Crippen LogP contribution is -2.28. The first-order chi connectivity index (χ1) is 10.7. The van der Waals surface area contributed by atoms with Crippen LogP contribution in [-0.2, 0) is 16.9 Å². The van der Waals surface area contributed by atoms with E-state index in [-0.39, 0.29) is 22.8 Å². The van der Waals surface area contributed by atoms with E-state index < -0.39 is 5.60 Å². The van der Waals surface area contributed by atoms with Gasteiger partial charge in [-0.3, -0.25) is 0 Å². The highest BCUT2D eigenvalue weighted by Crippen LogP contribution is 2.45. The number of ether oxygens (including phenoxy) is 1. The Morgan fingerprint density at radius 2 is 1.96 bits per heavy atom. The highest BCUT2D eigenvalue weighted by Gasteiger charge is 2.41. The summed E-state index contributed by atoms with van der Waals surface area (Å²) in [7, 11) is 0. The highest BCUT2D eigenvalue weighted by atomic mass is 79.9. The van der Waals surface area contributed by atoms with E-state index >= 15 is 0 Å². The summed E-state index contributed by atoms with van der Waals surface area (Å²) in [6.45, 7) is 1.02. The fourth-order valence-corrected chi connectivity index (χ4v) is 3.12. The van der Waals surface area contributed by atoms with Gasteiger partial charge in [0.2, 0.25) is 0 Å². The van der Waals surface area contributed by atoms with Gasteiger partial charge in [-0.15, -0.1) is 17.0 Å². The summed E-state index contributed by atoms with van der Waals surface area (Å²) < 4.78 is 19.4. The molecule has 0 radical (unpaired) electrons. The van der Waals surface area contributed by atoms with E-state index in [1.54, 1.807) is 18.2 Å². The van der Waals surface area contributed by atoms with Gasteiger partial charge in [0.05, 0.1) is 18.2 Å². The number of benzene rings is 2. The topological polar surface area (TPSA) is 59.0 Å². The van der Waals surface area contributed by atoms with E-state index in [0.29, 0.717) is 18.7 Å². The fraction of sp³-hybridized carbons (Fsp3) is 0.278. The number of hydrogen-bond acceptors (Lipinski definition) is 3. The van der Waals surface area contributed by atoms with E-state index in [2.05, 4.69) is 6.07 Å². The number of nitrogens with zero attached hydrogens (tertiary/aromatic N) is 1. The van der Waals surface area contributed by atoms with Gasteiger partial charge >= 0.3 is 0 Å². The Morgan fingerprint density at radius 3 is 2.61 bits per heavy atom. The third-order valence-electron chi connectivity index (χ3n) is 4.19. The summed E-state index contributed by atoms with van der Waals surface area (Å²) >= 11 is 0. The molecule has 2 aromatic carbocycles. The molecule has 23 heavy (non-hydrogen) atoms. The van der Waals surface area contributed by atoms with Crippen molar-refractivity contribution in [1.82, 2.24) is 0 Å². The second-order valence-electron chi connectivity index (χ2n) is 5.50. The Balaban J connectivity index is 0.00000192. The molecule has 1 aliphatic heterocycles. The molecule has 1 aliphatic rings. The standard InChI is InChI=1S/C18H17FN2O.BrH/c19-16-5-3-15(4-6-16)18(8-1-9-20)17-7-2-13(11-21)10-14(17)12-22-18;/h2-7,10H,1,8-9,12,20H2;1H. The summed E-state index contributed by atoms with van der Waals surface area (Å²) in [6, 6.07) is 14.2. The van der Waals surface area contributed by atoms with Crippen LogP contribution >= 0.6 is 17.0 Å². The molecule has 0 saturated heterocycles.